The number of methoxy groups -OCH3 is 1. The second-order valence-corrected chi connectivity index (χ2v) is 9.40. The average molecular weight is 475 g/mol. The van der Waals surface area contributed by atoms with Crippen molar-refractivity contribution in [3.8, 4) is 16.9 Å². The monoisotopic (exact) mass is 474 g/mol. The smallest absolute Gasteiger partial charge is 0.225 e. The van der Waals surface area contributed by atoms with Gasteiger partial charge in [-0.25, -0.2) is 4.98 Å². The summed E-state index contributed by atoms with van der Waals surface area (Å²) in [6.07, 6.45) is 10.8. The van der Waals surface area contributed by atoms with Crippen LogP contribution in [0.3, 0.4) is 0 Å². The molecule has 0 radical (unpaired) electrons. The van der Waals surface area contributed by atoms with Crippen molar-refractivity contribution in [2.45, 2.75) is 38.3 Å². The molecule has 0 saturated heterocycles. The number of aromatic nitrogens is 8. The molecule has 12 nitrogen and oxygen atoms in total. The fourth-order valence-corrected chi connectivity index (χ4v) is 5.07. The van der Waals surface area contributed by atoms with Crippen molar-refractivity contribution >= 4 is 23.0 Å². The topological polar surface area (TPSA) is 152 Å². The zero-order chi connectivity index (χ0) is 24.0. The Morgan fingerprint density at radius 1 is 1.26 bits per heavy atom. The lowest BCUT2D eigenvalue weighted by molar-refractivity contribution is -0.121. The van der Waals surface area contributed by atoms with Gasteiger partial charge in [0.2, 0.25) is 11.9 Å². The minimum atomic E-state index is -0.195. The molecule has 0 bridgehead atoms. The predicted molar refractivity (Wildman–Crippen MR) is 126 cm³/mol. The van der Waals surface area contributed by atoms with Gasteiger partial charge in [0.25, 0.3) is 0 Å². The van der Waals surface area contributed by atoms with Crippen molar-refractivity contribution in [1.29, 1.82) is 0 Å². The molecule has 0 aromatic carbocycles. The summed E-state index contributed by atoms with van der Waals surface area (Å²) >= 11 is 0. The molecule has 2 saturated carbocycles. The van der Waals surface area contributed by atoms with Crippen LogP contribution >= 0.6 is 0 Å². The minimum Gasteiger partial charge on any atom is -0.383 e. The van der Waals surface area contributed by atoms with E-state index in [0.29, 0.717) is 30.3 Å². The lowest BCUT2D eigenvalue weighted by Crippen LogP contribution is -2.21. The summed E-state index contributed by atoms with van der Waals surface area (Å²) in [4.78, 5) is 25.2. The third-order valence-corrected chi connectivity index (χ3v) is 7.18. The summed E-state index contributed by atoms with van der Waals surface area (Å²) in [6, 6.07) is 4.10. The largest absolute Gasteiger partial charge is 0.383 e. The maximum Gasteiger partial charge on any atom is 0.225 e. The fourth-order valence-electron chi connectivity index (χ4n) is 5.07. The van der Waals surface area contributed by atoms with Gasteiger partial charge in [0, 0.05) is 30.8 Å². The van der Waals surface area contributed by atoms with Gasteiger partial charge in [-0.05, 0) is 43.2 Å². The van der Waals surface area contributed by atoms with Crippen LogP contribution in [0.2, 0.25) is 0 Å². The zero-order valence-electron chi connectivity index (χ0n) is 19.3. The number of rotatable bonds is 8. The van der Waals surface area contributed by atoms with E-state index in [1.165, 1.54) is 0 Å². The number of pyridine rings is 1. The van der Waals surface area contributed by atoms with Gasteiger partial charge in [-0.2, -0.15) is 14.8 Å². The number of anilines is 1. The van der Waals surface area contributed by atoms with E-state index in [9.17, 15) is 4.79 Å². The molecule has 180 valence electrons. The SMILES string of the molecule is COCCn1cc(-c2ccc(-n3nnc4cnc(NC5C[C@@]56CC[C@@H](C(N)=O)C6)nc43)cn2)cn1. The average Bonchev–Trinajstić information content (AvgIpc) is 3.30. The normalized spacial score (nSPS) is 23.2. The number of nitrogens with zero attached hydrogens (tertiary/aromatic N) is 8. The van der Waals surface area contributed by atoms with Crippen LogP contribution in [0.15, 0.2) is 36.9 Å². The number of amides is 1. The Kier molecular flexibility index (Phi) is 5.17. The lowest BCUT2D eigenvalue weighted by atomic mass is 10.0. The predicted octanol–water partition coefficient (Wildman–Crippen LogP) is 1.57. The second-order valence-electron chi connectivity index (χ2n) is 9.40. The molecule has 1 unspecified atom stereocenters. The minimum absolute atomic E-state index is 0.0222. The maximum atomic E-state index is 11.6. The molecule has 3 N–H and O–H groups in total. The van der Waals surface area contributed by atoms with E-state index >= 15 is 0 Å². The summed E-state index contributed by atoms with van der Waals surface area (Å²) in [5.74, 6) is 0.309. The van der Waals surface area contributed by atoms with E-state index in [4.69, 9.17) is 10.5 Å². The molecule has 6 rings (SSSR count). The summed E-state index contributed by atoms with van der Waals surface area (Å²) in [6.45, 7) is 1.28. The van der Waals surface area contributed by atoms with Crippen LogP contribution in [-0.2, 0) is 16.1 Å². The van der Waals surface area contributed by atoms with E-state index < -0.39 is 0 Å². The number of carbonyl (C=O) groups excluding carboxylic acids is 1. The number of primary amides is 1. The Labute approximate surface area is 200 Å². The third kappa shape index (κ3) is 3.99. The molecule has 4 aromatic heterocycles. The van der Waals surface area contributed by atoms with Crippen LogP contribution in [0, 0.1) is 11.3 Å². The summed E-state index contributed by atoms with van der Waals surface area (Å²) in [7, 11) is 1.67. The number of nitrogens with one attached hydrogen (secondary N) is 1. The Balaban J connectivity index is 1.19. The Morgan fingerprint density at radius 2 is 2.17 bits per heavy atom. The van der Waals surface area contributed by atoms with E-state index in [1.54, 1.807) is 30.4 Å². The first-order valence-electron chi connectivity index (χ1n) is 11.7. The molecular formula is C23H26N10O2. The van der Waals surface area contributed by atoms with Crippen LogP contribution in [0.5, 0.6) is 0 Å². The highest BCUT2D eigenvalue weighted by Crippen LogP contribution is 2.60. The number of carbonyl (C=O) groups is 1. The third-order valence-electron chi connectivity index (χ3n) is 7.18. The lowest BCUT2D eigenvalue weighted by Gasteiger charge is -2.10. The summed E-state index contributed by atoms with van der Waals surface area (Å²) in [5, 5.41) is 16.2. The standard InChI is InChI=1S/C23H26N10O2/c1-35-7-6-32-13-15(10-27-32)17-3-2-16(11-25-17)33-21-18(30-31-33)12-26-22(29-21)28-19-9-23(19)5-4-14(8-23)20(24)34/h2-3,10-14,19H,4-9H2,1H3,(H2,24,34)(H,26,28,29)/t14-,19?,23+/m1/s1. The molecular weight excluding hydrogens is 448 g/mol. The van der Waals surface area contributed by atoms with Crippen molar-refractivity contribution < 1.29 is 9.53 Å². The molecule has 35 heavy (non-hydrogen) atoms. The van der Waals surface area contributed by atoms with Crippen molar-refractivity contribution in [3.05, 3.63) is 36.9 Å². The molecule has 3 atom stereocenters. The number of hydrogen-bond acceptors (Lipinski definition) is 9. The Bertz CT molecular complexity index is 1380. The number of fused-ring (bicyclic) bond motifs is 1. The molecule has 2 aliphatic rings. The quantitative estimate of drug-likeness (QED) is 0.387. The molecule has 2 fully saturated rings. The first-order valence-corrected chi connectivity index (χ1v) is 11.7. The van der Waals surface area contributed by atoms with Gasteiger partial charge in [0.05, 0.1) is 43.1 Å². The number of ether oxygens (including phenoxy) is 1. The molecule has 12 heteroatoms. The van der Waals surface area contributed by atoms with Gasteiger partial charge in [0.1, 0.15) is 0 Å². The summed E-state index contributed by atoms with van der Waals surface area (Å²) < 4.78 is 8.58. The first kappa shape index (κ1) is 21.6. The zero-order valence-corrected chi connectivity index (χ0v) is 19.3. The van der Waals surface area contributed by atoms with Gasteiger partial charge in [-0.15, -0.1) is 5.10 Å². The van der Waals surface area contributed by atoms with Crippen LogP contribution < -0.4 is 11.1 Å². The van der Waals surface area contributed by atoms with E-state index in [-0.39, 0.29) is 23.3 Å². The molecule has 4 aromatic rings. The Hall–Kier alpha value is -3.93. The van der Waals surface area contributed by atoms with Crippen LogP contribution in [0.1, 0.15) is 25.7 Å². The number of hydrogen-bond donors (Lipinski definition) is 2. The van der Waals surface area contributed by atoms with Crippen molar-refractivity contribution in [2.24, 2.45) is 17.1 Å². The van der Waals surface area contributed by atoms with Crippen molar-refractivity contribution in [2.75, 3.05) is 19.0 Å². The summed E-state index contributed by atoms with van der Waals surface area (Å²) in [5.41, 5.74) is 9.32. The van der Waals surface area contributed by atoms with E-state index in [1.807, 2.05) is 23.0 Å². The highest BCUT2D eigenvalue weighted by molar-refractivity contribution is 5.77. The van der Waals surface area contributed by atoms with Gasteiger partial charge >= 0.3 is 0 Å². The molecule has 4 heterocycles. The highest BCUT2D eigenvalue weighted by Gasteiger charge is 2.58. The second kappa shape index (κ2) is 8.38. The van der Waals surface area contributed by atoms with Gasteiger partial charge in [-0.3, -0.25) is 14.5 Å². The number of nitrogens with two attached hydrogens (primary N) is 1. The molecule has 1 amide bonds. The highest BCUT2D eigenvalue weighted by atomic mass is 16.5. The first-order chi connectivity index (χ1) is 17.0. The van der Waals surface area contributed by atoms with Crippen LogP contribution in [0.25, 0.3) is 28.1 Å². The van der Waals surface area contributed by atoms with Crippen molar-refractivity contribution in [3.63, 3.8) is 0 Å². The van der Waals surface area contributed by atoms with Gasteiger partial charge in [-0.1, -0.05) is 5.21 Å². The molecule has 2 aliphatic carbocycles. The maximum absolute atomic E-state index is 11.6. The molecule has 1 spiro atoms. The van der Waals surface area contributed by atoms with Crippen LogP contribution in [-0.4, -0.2) is 65.4 Å². The fraction of sp³-hybridized carbons (Fsp3) is 0.435. The van der Waals surface area contributed by atoms with E-state index in [2.05, 4.69) is 35.7 Å². The van der Waals surface area contributed by atoms with Gasteiger partial charge in [0.15, 0.2) is 11.2 Å². The van der Waals surface area contributed by atoms with Gasteiger partial charge < -0.3 is 15.8 Å². The van der Waals surface area contributed by atoms with Crippen molar-refractivity contribution in [1.82, 2.24) is 39.7 Å². The Morgan fingerprint density at radius 3 is 2.94 bits per heavy atom. The van der Waals surface area contributed by atoms with E-state index in [0.717, 1.165) is 42.6 Å². The molecule has 0 aliphatic heterocycles. The van der Waals surface area contributed by atoms with Crippen LogP contribution in [0.4, 0.5) is 5.95 Å².